The van der Waals surface area contributed by atoms with Crippen molar-refractivity contribution in [3.05, 3.63) is 59.2 Å². The quantitative estimate of drug-likeness (QED) is 0.914. The third-order valence-electron chi connectivity index (χ3n) is 4.15. The second kappa shape index (κ2) is 7.39. The molecular formula is C20H23NO3. The summed E-state index contributed by atoms with van der Waals surface area (Å²) in [6.45, 7) is 6.05. The number of rotatable bonds is 5. The molecule has 0 fully saturated rings. The van der Waals surface area contributed by atoms with Gasteiger partial charge in [0.25, 0.3) is 5.91 Å². The van der Waals surface area contributed by atoms with Gasteiger partial charge in [-0.15, -0.1) is 0 Å². The zero-order chi connectivity index (χ0) is 16.9. The van der Waals surface area contributed by atoms with E-state index in [-0.39, 0.29) is 5.91 Å². The van der Waals surface area contributed by atoms with Gasteiger partial charge in [0.05, 0.1) is 0 Å². The summed E-state index contributed by atoms with van der Waals surface area (Å²) >= 11 is 0. The number of hydrogen-bond acceptors (Lipinski definition) is 3. The van der Waals surface area contributed by atoms with Gasteiger partial charge in [0, 0.05) is 12.1 Å². The highest BCUT2D eigenvalue weighted by Crippen LogP contribution is 2.30. The summed E-state index contributed by atoms with van der Waals surface area (Å²) in [6.07, 6.45) is 0.756. The van der Waals surface area contributed by atoms with Gasteiger partial charge < -0.3 is 14.8 Å². The highest BCUT2D eigenvalue weighted by atomic mass is 16.6. The molecule has 0 spiro atoms. The van der Waals surface area contributed by atoms with Crippen LogP contribution >= 0.6 is 0 Å². The first-order valence-corrected chi connectivity index (χ1v) is 8.40. The first-order chi connectivity index (χ1) is 11.6. The SMILES string of the molecule is CC(C)c1ccc(C(=O)NCCc2ccc3c(c2)OCCO3)cc1. The number of fused-ring (bicyclic) bond motifs is 1. The minimum absolute atomic E-state index is 0.0390. The number of carbonyl (C=O) groups is 1. The maximum absolute atomic E-state index is 12.2. The van der Waals surface area contributed by atoms with E-state index in [1.165, 1.54) is 5.56 Å². The van der Waals surface area contributed by atoms with Crippen LogP contribution in [0.5, 0.6) is 11.5 Å². The van der Waals surface area contributed by atoms with Crippen molar-refractivity contribution in [1.82, 2.24) is 5.32 Å². The Kier molecular flexibility index (Phi) is 5.04. The summed E-state index contributed by atoms with van der Waals surface area (Å²) in [4.78, 5) is 12.2. The van der Waals surface area contributed by atoms with E-state index < -0.39 is 0 Å². The number of benzene rings is 2. The lowest BCUT2D eigenvalue weighted by Crippen LogP contribution is -2.25. The molecule has 2 aromatic rings. The fourth-order valence-corrected chi connectivity index (χ4v) is 2.69. The summed E-state index contributed by atoms with van der Waals surface area (Å²) in [5, 5.41) is 2.97. The van der Waals surface area contributed by atoms with Crippen molar-refractivity contribution in [1.29, 1.82) is 0 Å². The average molecular weight is 325 g/mol. The molecule has 0 unspecified atom stereocenters. The van der Waals surface area contributed by atoms with Crippen molar-refractivity contribution in [3.8, 4) is 11.5 Å². The van der Waals surface area contributed by atoms with Crippen LogP contribution in [0, 0.1) is 0 Å². The van der Waals surface area contributed by atoms with Gasteiger partial charge in [-0.2, -0.15) is 0 Å². The first kappa shape index (κ1) is 16.4. The summed E-state index contributed by atoms with van der Waals surface area (Å²) in [5.74, 6) is 2.01. The average Bonchev–Trinajstić information content (AvgIpc) is 2.61. The van der Waals surface area contributed by atoms with Gasteiger partial charge >= 0.3 is 0 Å². The van der Waals surface area contributed by atoms with Crippen LogP contribution in [-0.4, -0.2) is 25.7 Å². The summed E-state index contributed by atoms with van der Waals surface area (Å²) in [5.41, 5.74) is 3.05. The number of amides is 1. The molecule has 4 heteroatoms. The molecule has 126 valence electrons. The van der Waals surface area contributed by atoms with E-state index in [9.17, 15) is 4.79 Å². The van der Waals surface area contributed by atoms with Crippen molar-refractivity contribution in [2.45, 2.75) is 26.2 Å². The van der Waals surface area contributed by atoms with E-state index in [4.69, 9.17) is 9.47 Å². The van der Waals surface area contributed by atoms with Crippen molar-refractivity contribution in [2.75, 3.05) is 19.8 Å². The second-order valence-corrected chi connectivity index (χ2v) is 6.26. The topological polar surface area (TPSA) is 47.6 Å². The number of hydrogen-bond donors (Lipinski definition) is 1. The molecule has 1 aliphatic rings. The number of carbonyl (C=O) groups excluding carboxylic acids is 1. The van der Waals surface area contributed by atoms with Crippen LogP contribution < -0.4 is 14.8 Å². The summed E-state index contributed by atoms with van der Waals surface area (Å²) in [7, 11) is 0. The second-order valence-electron chi connectivity index (χ2n) is 6.26. The van der Waals surface area contributed by atoms with Gasteiger partial charge in [-0.3, -0.25) is 4.79 Å². The fraction of sp³-hybridized carbons (Fsp3) is 0.350. The van der Waals surface area contributed by atoms with Crippen molar-refractivity contribution in [3.63, 3.8) is 0 Å². The normalized spacial score (nSPS) is 13.0. The van der Waals surface area contributed by atoms with Crippen LogP contribution in [-0.2, 0) is 6.42 Å². The Morgan fingerprint density at radius 2 is 1.75 bits per heavy atom. The molecule has 1 amide bonds. The molecule has 3 rings (SSSR count). The van der Waals surface area contributed by atoms with Gasteiger partial charge in [0.2, 0.25) is 0 Å². The smallest absolute Gasteiger partial charge is 0.251 e. The Bertz CT molecular complexity index is 707. The number of nitrogens with one attached hydrogen (secondary N) is 1. The van der Waals surface area contributed by atoms with E-state index in [1.807, 2.05) is 42.5 Å². The largest absolute Gasteiger partial charge is 0.486 e. The molecule has 0 atom stereocenters. The monoisotopic (exact) mass is 325 g/mol. The molecule has 4 nitrogen and oxygen atoms in total. The highest BCUT2D eigenvalue weighted by Gasteiger charge is 2.12. The molecule has 1 aliphatic heterocycles. The van der Waals surface area contributed by atoms with E-state index in [1.54, 1.807) is 0 Å². The molecule has 0 saturated carbocycles. The molecule has 1 N–H and O–H groups in total. The maximum atomic E-state index is 12.2. The summed E-state index contributed by atoms with van der Waals surface area (Å²) in [6, 6.07) is 13.7. The van der Waals surface area contributed by atoms with Gasteiger partial charge in [-0.25, -0.2) is 0 Å². The van der Waals surface area contributed by atoms with E-state index in [0.717, 1.165) is 23.5 Å². The van der Waals surface area contributed by atoms with Crippen LogP contribution in [0.25, 0.3) is 0 Å². The van der Waals surface area contributed by atoms with Crippen LogP contribution in [0.4, 0.5) is 0 Å². The van der Waals surface area contributed by atoms with Crippen LogP contribution in [0.15, 0.2) is 42.5 Å². The number of ether oxygens (including phenoxy) is 2. The first-order valence-electron chi connectivity index (χ1n) is 8.40. The van der Waals surface area contributed by atoms with Gasteiger partial charge in [0.1, 0.15) is 13.2 Å². The Labute approximate surface area is 142 Å². The lowest BCUT2D eigenvalue weighted by atomic mass is 10.0. The summed E-state index contributed by atoms with van der Waals surface area (Å²) < 4.78 is 11.1. The Morgan fingerprint density at radius 3 is 2.46 bits per heavy atom. The third kappa shape index (κ3) is 3.88. The molecule has 0 saturated heterocycles. The zero-order valence-corrected chi connectivity index (χ0v) is 14.2. The van der Waals surface area contributed by atoms with Crippen molar-refractivity contribution in [2.24, 2.45) is 0 Å². The lowest BCUT2D eigenvalue weighted by Gasteiger charge is -2.18. The highest BCUT2D eigenvalue weighted by molar-refractivity contribution is 5.94. The fourth-order valence-electron chi connectivity index (χ4n) is 2.69. The predicted molar refractivity (Wildman–Crippen MR) is 94.0 cm³/mol. The van der Waals surface area contributed by atoms with Gasteiger partial charge in [-0.1, -0.05) is 32.0 Å². The zero-order valence-electron chi connectivity index (χ0n) is 14.2. The standard InChI is InChI=1S/C20H23NO3/c1-14(2)16-4-6-17(7-5-16)20(22)21-10-9-15-3-8-18-19(13-15)24-12-11-23-18/h3-8,13-14H,9-12H2,1-2H3,(H,21,22). The minimum atomic E-state index is -0.0390. The molecule has 0 aromatic heterocycles. The van der Waals surface area contributed by atoms with Crippen LogP contribution in [0.1, 0.15) is 41.3 Å². The molecule has 0 bridgehead atoms. The third-order valence-corrected chi connectivity index (χ3v) is 4.15. The Morgan fingerprint density at radius 1 is 1.04 bits per heavy atom. The maximum Gasteiger partial charge on any atom is 0.251 e. The molecule has 24 heavy (non-hydrogen) atoms. The minimum Gasteiger partial charge on any atom is -0.486 e. The molecule has 1 heterocycles. The lowest BCUT2D eigenvalue weighted by molar-refractivity contribution is 0.0954. The molecule has 0 aliphatic carbocycles. The van der Waals surface area contributed by atoms with E-state index in [2.05, 4.69) is 19.2 Å². The molecular weight excluding hydrogens is 302 g/mol. The van der Waals surface area contributed by atoms with Gasteiger partial charge in [0.15, 0.2) is 11.5 Å². The van der Waals surface area contributed by atoms with Crippen LogP contribution in [0.3, 0.4) is 0 Å². The Hall–Kier alpha value is -2.49. The van der Waals surface area contributed by atoms with Crippen molar-refractivity contribution < 1.29 is 14.3 Å². The van der Waals surface area contributed by atoms with Crippen molar-refractivity contribution >= 4 is 5.91 Å². The van der Waals surface area contributed by atoms with Crippen LogP contribution in [0.2, 0.25) is 0 Å². The molecule has 2 aromatic carbocycles. The molecule has 0 radical (unpaired) electrons. The van der Waals surface area contributed by atoms with Gasteiger partial charge in [-0.05, 0) is 47.7 Å². The van der Waals surface area contributed by atoms with E-state index in [0.29, 0.717) is 31.2 Å². The Balaban J connectivity index is 1.53. The predicted octanol–water partition coefficient (Wildman–Crippen LogP) is 3.55. The van der Waals surface area contributed by atoms with E-state index >= 15 is 0 Å².